The van der Waals surface area contributed by atoms with Crippen LogP contribution in [0.3, 0.4) is 0 Å². The standard InChI is InChI=1S/C12H24N2O3S/c1-9(8-15)18(16,17)13-10-6-11-4-3-5-12(7-10)14(11)2/h9-13,15H,3-8H2,1-2H3. The summed E-state index contributed by atoms with van der Waals surface area (Å²) in [6.45, 7) is 1.22. The number of aliphatic hydroxyl groups excluding tert-OH is 1. The molecule has 0 aliphatic carbocycles. The van der Waals surface area contributed by atoms with Gasteiger partial charge in [-0.25, -0.2) is 13.1 Å². The van der Waals surface area contributed by atoms with Gasteiger partial charge in [-0.3, -0.25) is 0 Å². The zero-order valence-corrected chi connectivity index (χ0v) is 12.0. The zero-order valence-electron chi connectivity index (χ0n) is 11.2. The third-order valence-electron chi connectivity index (χ3n) is 4.46. The molecule has 3 atom stereocenters. The van der Waals surface area contributed by atoms with E-state index in [1.165, 1.54) is 26.2 Å². The highest BCUT2D eigenvalue weighted by Gasteiger charge is 2.37. The van der Waals surface area contributed by atoms with Crippen molar-refractivity contribution < 1.29 is 13.5 Å². The van der Waals surface area contributed by atoms with Gasteiger partial charge < -0.3 is 10.0 Å². The van der Waals surface area contributed by atoms with E-state index in [1.807, 2.05) is 0 Å². The van der Waals surface area contributed by atoms with Crippen LogP contribution in [0.1, 0.15) is 39.0 Å². The maximum Gasteiger partial charge on any atom is 0.216 e. The van der Waals surface area contributed by atoms with Gasteiger partial charge in [-0.05, 0) is 39.7 Å². The van der Waals surface area contributed by atoms with E-state index in [2.05, 4.69) is 16.7 Å². The molecular formula is C12H24N2O3S. The maximum atomic E-state index is 11.9. The normalized spacial score (nSPS) is 35.4. The van der Waals surface area contributed by atoms with Gasteiger partial charge in [-0.2, -0.15) is 0 Å². The predicted molar refractivity (Wildman–Crippen MR) is 70.8 cm³/mol. The molecule has 106 valence electrons. The van der Waals surface area contributed by atoms with Crippen molar-refractivity contribution in [1.82, 2.24) is 9.62 Å². The molecular weight excluding hydrogens is 252 g/mol. The van der Waals surface area contributed by atoms with Gasteiger partial charge in [-0.15, -0.1) is 0 Å². The lowest BCUT2D eigenvalue weighted by atomic mass is 9.83. The largest absolute Gasteiger partial charge is 0.395 e. The van der Waals surface area contributed by atoms with E-state index in [4.69, 9.17) is 5.11 Å². The van der Waals surface area contributed by atoms with E-state index in [-0.39, 0.29) is 12.6 Å². The van der Waals surface area contributed by atoms with Crippen molar-refractivity contribution in [3.05, 3.63) is 0 Å². The molecule has 0 amide bonds. The van der Waals surface area contributed by atoms with Crippen molar-refractivity contribution in [2.45, 2.75) is 62.4 Å². The summed E-state index contributed by atoms with van der Waals surface area (Å²) in [6, 6.07) is 1.06. The third kappa shape index (κ3) is 2.87. The number of hydrogen-bond acceptors (Lipinski definition) is 4. The molecule has 6 heteroatoms. The van der Waals surface area contributed by atoms with Gasteiger partial charge in [0.05, 0.1) is 11.9 Å². The molecule has 0 radical (unpaired) electrons. The Kier molecular flexibility index (Phi) is 4.31. The van der Waals surface area contributed by atoms with Crippen molar-refractivity contribution in [2.24, 2.45) is 0 Å². The van der Waals surface area contributed by atoms with Crippen LogP contribution in [0.2, 0.25) is 0 Å². The first-order valence-corrected chi connectivity index (χ1v) is 8.32. The third-order valence-corrected chi connectivity index (χ3v) is 6.33. The van der Waals surface area contributed by atoms with Crippen LogP contribution in [-0.2, 0) is 10.0 Å². The quantitative estimate of drug-likeness (QED) is 0.775. The van der Waals surface area contributed by atoms with Crippen molar-refractivity contribution >= 4 is 10.0 Å². The molecule has 2 saturated heterocycles. The number of rotatable bonds is 4. The summed E-state index contributed by atoms with van der Waals surface area (Å²) in [5.74, 6) is 0. The molecule has 0 saturated carbocycles. The molecule has 0 aromatic heterocycles. The lowest BCUT2D eigenvalue weighted by Gasteiger charge is -2.47. The van der Waals surface area contributed by atoms with Crippen LogP contribution < -0.4 is 4.72 Å². The Morgan fingerprint density at radius 2 is 1.89 bits per heavy atom. The molecule has 2 rings (SSSR count). The summed E-state index contributed by atoms with van der Waals surface area (Å²) in [5, 5.41) is 8.25. The van der Waals surface area contributed by atoms with Crippen LogP contribution in [0.25, 0.3) is 0 Å². The summed E-state index contributed by atoms with van der Waals surface area (Å²) < 4.78 is 26.7. The number of hydrogen-bond donors (Lipinski definition) is 2. The Morgan fingerprint density at radius 3 is 2.39 bits per heavy atom. The van der Waals surface area contributed by atoms with Crippen molar-refractivity contribution in [1.29, 1.82) is 0 Å². The Bertz CT molecular complexity index is 371. The molecule has 2 bridgehead atoms. The lowest BCUT2D eigenvalue weighted by Crippen LogP contribution is -2.56. The Balaban J connectivity index is 2.00. The van der Waals surface area contributed by atoms with Gasteiger partial charge in [0.25, 0.3) is 0 Å². The summed E-state index contributed by atoms with van der Waals surface area (Å²) in [7, 11) is -1.23. The first-order chi connectivity index (χ1) is 8.44. The van der Waals surface area contributed by atoms with E-state index in [1.54, 1.807) is 0 Å². The highest BCUT2D eigenvalue weighted by Crippen LogP contribution is 2.32. The molecule has 2 fully saturated rings. The molecule has 2 aliphatic rings. The molecule has 5 nitrogen and oxygen atoms in total. The SMILES string of the molecule is CC(CO)S(=O)(=O)NC1CC2CCCC(C1)N2C. The molecule has 0 aromatic rings. The van der Waals surface area contributed by atoms with Gasteiger partial charge in [-0.1, -0.05) is 6.42 Å². The van der Waals surface area contributed by atoms with Gasteiger partial charge in [0.1, 0.15) is 0 Å². The van der Waals surface area contributed by atoms with Gasteiger partial charge in [0.15, 0.2) is 0 Å². The average Bonchev–Trinajstić information content (AvgIpc) is 2.29. The van der Waals surface area contributed by atoms with Crippen LogP contribution >= 0.6 is 0 Å². The van der Waals surface area contributed by atoms with Crippen LogP contribution in [-0.4, -0.2) is 55.5 Å². The van der Waals surface area contributed by atoms with Crippen LogP contribution in [0.5, 0.6) is 0 Å². The average molecular weight is 276 g/mol. The second-order valence-corrected chi connectivity index (χ2v) is 7.86. The van der Waals surface area contributed by atoms with Crippen molar-refractivity contribution in [3.8, 4) is 0 Å². The predicted octanol–water partition coefficient (Wildman–Crippen LogP) is 0.302. The van der Waals surface area contributed by atoms with E-state index >= 15 is 0 Å². The minimum Gasteiger partial charge on any atom is -0.395 e. The molecule has 2 N–H and O–H groups in total. The van der Waals surface area contributed by atoms with Crippen molar-refractivity contribution in [3.63, 3.8) is 0 Å². The van der Waals surface area contributed by atoms with E-state index < -0.39 is 15.3 Å². The summed E-state index contributed by atoms with van der Waals surface area (Å²) in [4.78, 5) is 2.41. The summed E-state index contributed by atoms with van der Waals surface area (Å²) in [6.07, 6.45) is 5.38. The van der Waals surface area contributed by atoms with Gasteiger partial charge in [0.2, 0.25) is 10.0 Å². The lowest BCUT2D eigenvalue weighted by molar-refractivity contribution is 0.0535. The fourth-order valence-corrected chi connectivity index (χ4v) is 4.24. The Hall–Kier alpha value is -0.170. The van der Waals surface area contributed by atoms with E-state index in [9.17, 15) is 8.42 Å². The molecule has 18 heavy (non-hydrogen) atoms. The molecule has 2 heterocycles. The molecule has 0 aromatic carbocycles. The Morgan fingerprint density at radius 1 is 1.33 bits per heavy atom. The molecule has 0 spiro atoms. The van der Waals surface area contributed by atoms with Gasteiger partial charge >= 0.3 is 0 Å². The number of nitrogens with zero attached hydrogens (tertiary/aromatic N) is 1. The highest BCUT2D eigenvalue weighted by atomic mass is 32.2. The number of piperidine rings is 2. The number of sulfonamides is 1. The smallest absolute Gasteiger partial charge is 0.216 e. The zero-order chi connectivity index (χ0) is 13.3. The second kappa shape index (κ2) is 5.45. The first kappa shape index (κ1) is 14.2. The molecule has 2 aliphatic heterocycles. The Labute approximate surface area is 110 Å². The van der Waals surface area contributed by atoms with Gasteiger partial charge in [0, 0.05) is 18.1 Å². The first-order valence-electron chi connectivity index (χ1n) is 6.78. The van der Waals surface area contributed by atoms with Crippen LogP contribution in [0, 0.1) is 0 Å². The summed E-state index contributed by atoms with van der Waals surface area (Å²) >= 11 is 0. The monoisotopic (exact) mass is 276 g/mol. The fraction of sp³-hybridized carbons (Fsp3) is 1.00. The summed E-state index contributed by atoms with van der Waals surface area (Å²) in [5.41, 5.74) is 0. The number of fused-ring (bicyclic) bond motifs is 2. The van der Waals surface area contributed by atoms with E-state index in [0.29, 0.717) is 12.1 Å². The number of nitrogens with one attached hydrogen (secondary N) is 1. The fourth-order valence-electron chi connectivity index (χ4n) is 3.16. The topological polar surface area (TPSA) is 69.6 Å². The highest BCUT2D eigenvalue weighted by molar-refractivity contribution is 7.90. The van der Waals surface area contributed by atoms with Crippen LogP contribution in [0.15, 0.2) is 0 Å². The van der Waals surface area contributed by atoms with E-state index in [0.717, 1.165) is 12.8 Å². The van der Waals surface area contributed by atoms with Crippen LogP contribution in [0.4, 0.5) is 0 Å². The maximum absolute atomic E-state index is 11.9. The minimum atomic E-state index is -3.38. The molecule has 3 unspecified atom stereocenters. The van der Waals surface area contributed by atoms with Crippen molar-refractivity contribution in [2.75, 3.05) is 13.7 Å². The minimum absolute atomic E-state index is 0.0375. The number of aliphatic hydroxyl groups is 1. The second-order valence-electron chi connectivity index (χ2n) is 5.73.